The topological polar surface area (TPSA) is 66.8 Å². The number of cyclic esters (lactones) is 1. The fourth-order valence-corrected chi connectivity index (χ4v) is 1.81. The van der Waals surface area contributed by atoms with E-state index in [2.05, 4.69) is 6.58 Å². The number of hydrogen-bond acceptors (Lipinski definition) is 4. The zero-order valence-corrected chi connectivity index (χ0v) is 10.5. The summed E-state index contributed by atoms with van der Waals surface area (Å²) in [4.78, 5) is 24.7. The molecule has 96 valence electrons. The largest absolute Gasteiger partial charge is 0.447 e. The minimum absolute atomic E-state index is 0.227. The second-order valence-corrected chi connectivity index (χ2v) is 4.43. The molecule has 1 fully saturated rings. The summed E-state index contributed by atoms with van der Waals surface area (Å²) in [6, 6.07) is -0.227. The second-order valence-electron chi connectivity index (χ2n) is 4.43. The number of aliphatic hydroxyl groups is 1. The zero-order valence-electron chi connectivity index (χ0n) is 10.5. The van der Waals surface area contributed by atoms with E-state index in [9.17, 15) is 14.7 Å². The number of amides is 2. The standard InChI is InChI=1S/C12H19NO4/c1-5-9-6-17-12(16)13(9)11(15)8(4)10(14)7(2)3/h8-10,14H,2,5-6H2,1,3-4H3. The highest BCUT2D eigenvalue weighted by Crippen LogP contribution is 2.21. The van der Waals surface area contributed by atoms with E-state index in [1.54, 1.807) is 13.8 Å². The lowest BCUT2D eigenvalue weighted by Gasteiger charge is -2.25. The van der Waals surface area contributed by atoms with Crippen molar-refractivity contribution in [1.29, 1.82) is 0 Å². The van der Waals surface area contributed by atoms with Gasteiger partial charge in [-0.2, -0.15) is 0 Å². The Bertz CT molecular complexity index is 339. The van der Waals surface area contributed by atoms with Gasteiger partial charge in [0.2, 0.25) is 5.91 Å². The van der Waals surface area contributed by atoms with E-state index in [0.29, 0.717) is 12.0 Å². The molecular weight excluding hydrogens is 222 g/mol. The first kappa shape index (κ1) is 13.7. The quantitative estimate of drug-likeness (QED) is 0.754. The van der Waals surface area contributed by atoms with Gasteiger partial charge in [0.05, 0.1) is 18.1 Å². The molecule has 1 heterocycles. The minimum Gasteiger partial charge on any atom is -0.447 e. The number of aliphatic hydroxyl groups excluding tert-OH is 1. The molecule has 0 saturated carbocycles. The number of imide groups is 1. The van der Waals surface area contributed by atoms with Crippen LogP contribution in [-0.4, -0.2) is 40.8 Å². The van der Waals surface area contributed by atoms with Crippen molar-refractivity contribution in [3.63, 3.8) is 0 Å². The molecule has 3 atom stereocenters. The molecule has 0 aromatic carbocycles. The van der Waals surface area contributed by atoms with Crippen LogP contribution in [0.25, 0.3) is 0 Å². The maximum absolute atomic E-state index is 12.1. The number of ether oxygens (including phenoxy) is 1. The van der Waals surface area contributed by atoms with Gasteiger partial charge in [-0.1, -0.05) is 26.0 Å². The van der Waals surface area contributed by atoms with Gasteiger partial charge in [-0.3, -0.25) is 4.79 Å². The van der Waals surface area contributed by atoms with Crippen LogP contribution in [0.15, 0.2) is 12.2 Å². The van der Waals surface area contributed by atoms with Crippen LogP contribution in [0.2, 0.25) is 0 Å². The third kappa shape index (κ3) is 2.66. The fraction of sp³-hybridized carbons (Fsp3) is 0.667. The van der Waals surface area contributed by atoms with Crippen LogP contribution in [0.3, 0.4) is 0 Å². The SMILES string of the molecule is C=C(C)C(O)C(C)C(=O)N1C(=O)OCC1CC. The van der Waals surface area contributed by atoms with E-state index in [-0.39, 0.29) is 12.6 Å². The molecule has 0 spiro atoms. The van der Waals surface area contributed by atoms with Gasteiger partial charge in [-0.25, -0.2) is 9.69 Å². The molecular formula is C12H19NO4. The average Bonchev–Trinajstić information content (AvgIpc) is 2.67. The molecule has 0 radical (unpaired) electrons. The predicted octanol–water partition coefficient (Wildman–Crippen LogP) is 1.32. The van der Waals surface area contributed by atoms with Gasteiger partial charge in [0.15, 0.2) is 0 Å². The molecule has 0 aromatic heterocycles. The lowest BCUT2D eigenvalue weighted by atomic mass is 9.97. The first-order chi connectivity index (χ1) is 7.90. The number of carbonyl (C=O) groups excluding carboxylic acids is 2. The molecule has 5 nitrogen and oxygen atoms in total. The van der Waals surface area contributed by atoms with Crippen LogP contribution in [0.4, 0.5) is 4.79 Å². The van der Waals surface area contributed by atoms with Gasteiger partial charge in [0, 0.05) is 0 Å². The van der Waals surface area contributed by atoms with Crippen molar-refractivity contribution in [2.24, 2.45) is 5.92 Å². The maximum atomic E-state index is 12.1. The normalized spacial score (nSPS) is 23.2. The summed E-state index contributed by atoms with van der Waals surface area (Å²) in [7, 11) is 0. The second kappa shape index (κ2) is 5.31. The molecule has 17 heavy (non-hydrogen) atoms. The molecule has 3 unspecified atom stereocenters. The fourth-order valence-electron chi connectivity index (χ4n) is 1.81. The first-order valence-corrected chi connectivity index (χ1v) is 5.73. The van der Waals surface area contributed by atoms with E-state index in [1.807, 2.05) is 6.92 Å². The van der Waals surface area contributed by atoms with Crippen molar-refractivity contribution < 1.29 is 19.4 Å². The molecule has 1 aliphatic heterocycles. The monoisotopic (exact) mass is 241 g/mol. The number of hydrogen-bond donors (Lipinski definition) is 1. The number of carbonyl (C=O) groups is 2. The Morgan fingerprint density at radius 3 is 2.76 bits per heavy atom. The molecule has 5 heteroatoms. The van der Waals surface area contributed by atoms with E-state index >= 15 is 0 Å². The molecule has 1 saturated heterocycles. The Balaban J connectivity index is 2.81. The van der Waals surface area contributed by atoms with Crippen molar-refractivity contribution in [1.82, 2.24) is 4.90 Å². The minimum atomic E-state index is -0.937. The molecule has 1 rings (SSSR count). The van der Waals surface area contributed by atoms with E-state index in [4.69, 9.17) is 4.74 Å². The van der Waals surface area contributed by atoms with E-state index in [1.165, 1.54) is 0 Å². The smallest absolute Gasteiger partial charge is 0.416 e. The summed E-state index contributed by atoms with van der Waals surface area (Å²) < 4.78 is 4.84. The summed E-state index contributed by atoms with van der Waals surface area (Å²) in [6.07, 6.45) is -0.913. The highest BCUT2D eigenvalue weighted by molar-refractivity contribution is 5.95. The molecule has 1 aliphatic rings. The van der Waals surface area contributed by atoms with Crippen LogP contribution in [0.5, 0.6) is 0 Å². The summed E-state index contributed by atoms with van der Waals surface area (Å²) in [5, 5.41) is 9.77. The Hall–Kier alpha value is -1.36. The van der Waals surface area contributed by atoms with Crippen molar-refractivity contribution in [3.05, 3.63) is 12.2 Å². The van der Waals surface area contributed by atoms with Gasteiger partial charge in [-0.15, -0.1) is 0 Å². The highest BCUT2D eigenvalue weighted by Gasteiger charge is 2.40. The van der Waals surface area contributed by atoms with Crippen molar-refractivity contribution in [3.8, 4) is 0 Å². The third-order valence-corrected chi connectivity index (χ3v) is 3.04. The lowest BCUT2D eigenvalue weighted by Crippen LogP contribution is -2.44. The summed E-state index contributed by atoms with van der Waals surface area (Å²) in [5.74, 6) is -1.10. The van der Waals surface area contributed by atoms with E-state index in [0.717, 1.165) is 4.90 Å². The Morgan fingerprint density at radius 1 is 1.71 bits per heavy atom. The summed E-state index contributed by atoms with van der Waals surface area (Å²) >= 11 is 0. The summed E-state index contributed by atoms with van der Waals surface area (Å²) in [5.41, 5.74) is 0.506. The number of rotatable bonds is 4. The molecule has 0 bridgehead atoms. The van der Waals surface area contributed by atoms with Crippen LogP contribution in [0, 0.1) is 5.92 Å². The molecule has 0 aromatic rings. The average molecular weight is 241 g/mol. The van der Waals surface area contributed by atoms with Crippen molar-refractivity contribution in [2.45, 2.75) is 39.3 Å². The third-order valence-electron chi connectivity index (χ3n) is 3.04. The maximum Gasteiger partial charge on any atom is 0.416 e. The van der Waals surface area contributed by atoms with E-state index < -0.39 is 24.0 Å². The predicted molar refractivity (Wildman–Crippen MR) is 62.3 cm³/mol. The first-order valence-electron chi connectivity index (χ1n) is 5.73. The Morgan fingerprint density at radius 2 is 2.29 bits per heavy atom. The lowest BCUT2D eigenvalue weighted by molar-refractivity contribution is -0.135. The van der Waals surface area contributed by atoms with Crippen LogP contribution in [0.1, 0.15) is 27.2 Å². The summed E-state index contributed by atoms with van der Waals surface area (Å²) in [6.45, 7) is 8.95. The van der Waals surface area contributed by atoms with Crippen molar-refractivity contribution in [2.75, 3.05) is 6.61 Å². The Kier molecular flexibility index (Phi) is 4.28. The van der Waals surface area contributed by atoms with Gasteiger partial charge in [-0.05, 0) is 13.3 Å². The molecule has 0 aliphatic carbocycles. The molecule has 1 N–H and O–H groups in total. The van der Waals surface area contributed by atoms with Gasteiger partial charge in [0.1, 0.15) is 6.61 Å². The van der Waals surface area contributed by atoms with Crippen LogP contribution in [-0.2, 0) is 9.53 Å². The molecule has 2 amide bonds. The van der Waals surface area contributed by atoms with Gasteiger partial charge >= 0.3 is 6.09 Å². The van der Waals surface area contributed by atoms with Gasteiger partial charge < -0.3 is 9.84 Å². The highest BCUT2D eigenvalue weighted by atomic mass is 16.6. The number of nitrogens with zero attached hydrogens (tertiary/aromatic N) is 1. The van der Waals surface area contributed by atoms with Crippen LogP contribution >= 0.6 is 0 Å². The Labute approximate surface area is 101 Å². The van der Waals surface area contributed by atoms with Crippen LogP contribution < -0.4 is 0 Å². The van der Waals surface area contributed by atoms with Crippen molar-refractivity contribution >= 4 is 12.0 Å². The zero-order chi connectivity index (χ0) is 13.2. The van der Waals surface area contributed by atoms with Gasteiger partial charge in [0.25, 0.3) is 0 Å².